The van der Waals surface area contributed by atoms with Gasteiger partial charge in [-0.1, -0.05) is 37.3 Å². The summed E-state index contributed by atoms with van der Waals surface area (Å²) in [6, 6.07) is 10.5. The third-order valence-electron chi connectivity index (χ3n) is 4.35. The van der Waals surface area contributed by atoms with Crippen LogP contribution in [0.3, 0.4) is 0 Å². The van der Waals surface area contributed by atoms with E-state index in [4.69, 9.17) is 0 Å². The number of rotatable bonds is 7. The molecule has 0 bridgehead atoms. The van der Waals surface area contributed by atoms with E-state index in [-0.39, 0.29) is 18.3 Å². The first-order valence-electron chi connectivity index (χ1n) is 8.90. The molecule has 0 saturated heterocycles. The second-order valence-corrected chi connectivity index (χ2v) is 10.2. The molecule has 0 radical (unpaired) electrons. The van der Waals surface area contributed by atoms with Gasteiger partial charge in [-0.3, -0.25) is 4.99 Å². The first kappa shape index (κ1) is 21.5. The normalized spacial score (nSPS) is 15.5. The zero-order valence-corrected chi connectivity index (χ0v) is 17.2. The number of hydrogen-bond acceptors (Lipinski definition) is 3. The predicted octanol–water partition coefficient (Wildman–Crippen LogP) is 2.95. The van der Waals surface area contributed by atoms with Gasteiger partial charge in [-0.2, -0.15) is 0 Å². The molecule has 142 valence electrons. The maximum absolute atomic E-state index is 12.2. The van der Waals surface area contributed by atoms with Gasteiger partial charge in [0.1, 0.15) is 0 Å². The molecule has 0 amide bonds. The Balaban J connectivity index is 2.73. The van der Waals surface area contributed by atoms with Crippen LogP contribution in [0.2, 0.25) is 0 Å². The molecular weight excluding hydrogens is 334 g/mol. The van der Waals surface area contributed by atoms with Crippen molar-refractivity contribution < 1.29 is 8.42 Å². The lowest BCUT2D eigenvalue weighted by atomic mass is 9.94. The maximum atomic E-state index is 12.2. The zero-order valence-electron chi connectivity index (χ0n) is 16.3. The first-order valence-corrected chi connectivity index (χ1v) is 10.6. The van der Waals surface area contributed by atoms with Crippen molar-refractivity contribution in [2.24, 2.45) is 4.99 Å². The van der Waals surface area contributed by atoms with Crippen molar-refractivity contribution in [2.45, 2.75) is 58.2 Å². The van der Waals surface area contributed by atoms with Crippen molar-refractivity contribution in [3.8, 4) is 0 Å². The lowest BCUT2D eigenvalue weighted by Crippen LogP contribution is -2.44. The molecule has 1 rings (SSSR count). The molecule has 0 heterocycles. The van der Waals surface area contributed by atoms with Crippen LogP contribution >= 0.6 is 0 Å². The lowest BCUT2D eigenvalue weighted by molar-refractivity contribution is 0.549. The minimum Gasteiger partial charge on any atom is -0.357 e. The number of benzene rings is 1. The van der Waals surface area contributed by atoms with Gasteiger partial charge in [0, 0.05) is 18.5 Å². The second-order valence-electron chi connectivity index (χ2n) is 7.32. The molecule has 2 unspecified atom stereocenters. The molecule has 2 atom stereocenters. The van der Waals surface area contributed by atoms with Crippen molar-refractivity contribution in [1.82, 2.24) is 10.6 Å². The molecule has 0 aliphatic rings. The van der Waals surface area contributed by atoms with Gasteiger partial charge in [-0.15, -0.1) is 0 Å². The molecular formula is C19H33N3O2S. The van der Waals surface area contributed by atoms with E-state index in [9.17, 15) is 8.42 Å². The summed E-state index contributed by atoms with van der Waals surface area (Å²) in [6.45, 7) is 12.4. The van der Waals surface area contributed by atoms with Crippen molar-refractivity contribution in [3.63, 3.8) is 0 Å². The maximum Gasteiger partial charge on any atom is 0.191 e. The Morgan fingerprint density at radius 3 is 2.28 bits per heavy atom. The highest BCUT2D eigenvalue weighted by Gasteiger charge is 2.28. The highest BCUT2D eigenvalue weighted by atomic mass is 32.2. The molecule has 1 aromatic carbocycles. The van der Waals surface area contributed by atoms with Crippen LogP contribution in [0.25, 0.3) is 0 Å². The van der Waals surface area contributed by atoms with Crippen LogP contribution in [-0.4, -0.2) is 44.0 Å². The number of nitrogens with zero attached hydrogens (tertiary/aromatic N) is 1. The van der Waals surface area contributed by atoms with Crippen molar-refractivity contribution in [2.75, 3.05) is 18.8 Å². The largest absolute Gasteiger partial charge is 0.357 e. The van der Waals surface area contributed by atoms with Crippen LogP contribution in [0.15, 0.2) is 35.3 Å². The second kappa shape index (κ2) is 9.22. The molecule has 5 nitrogen and oxygen atoms in total. The van der Waals surface area contributed by atoms with Gasteiger partial charge in [0.15, 0.2) is 15.8 Å². The van der Waals surface area contributed by atoms with E-state index in [0.717, 1.165) is 6.54 Å². The van der Waals surface area contributed by atoms with Gasteiger partial charge >= 0.3 is 0 Å². The summed E-state index contributed by atoms with van der Waals surface area (Å²) in [6.07, 6.45) is 0. The minimum atomic E-state index is -3.16. The van der Waals surface area contributed by atoms with Crippen molar-refractivity contribution >= 4 is 15.8 Å². The molecule has 0 saturated carbocycles. The fraction of sp³-hybridized carbons (Fsp3) is 0.632. The van der Waals surface area contributed by atoms with E-state index >= 15 is 0 Å². The van der Waals surface area contributed by atoms with E-state index in [1.165, 1.54) is 5.56 Å². The van der Waals surface area contributed by atoms with Crippen LogP contribution in [0, 0.1) is 0 Å². The molecule has 0 aliphatic carbocycles. The van der Waals surface area contributed by atoms with Gasteiger partial charge in [0.05, 0.1) is 17.0 Å². The molecule has 0 fully saturated rings. The van der Waals surface area contributed by atoms with Crippen LogP contribution in [0.1, 0.15) is 53.0 Å². The number of aliphatic imine (C=N–C) groups is 1. The Labute approximate surface area is 153 Å². The number of guanidine groups is 1. The van der Waals surface area contributed by atoms with Gasteiger partial charge in [0.25, 0.3) is 0 Å². The average Bonchev–Trinajstić information content (AvgIpc) is 2.53. The highest BCUT2D eigenvalue weighted by molar-refractivity contribution is 7.92. The van der Waals surface area contributed by atoms with Crippen molar-refractivity contribution in [3.05, 3.63) is 35.9 Å². The van der Waals surface area contributed by atoms with E-state index in [0.29, 0.717) is 11.9 Å². The standard InChI is InChI=1S/C19H33N3O2S/c1-7-20-18(21-13-14-25(23,24)19(4,5)6)22-16(3)15(2)17-11-9-8-10-12-17/h8-12,15-16H,7,13-14H2,1-6H3,(H2,20,21,22). The molecule has 1 aromatic rings. The summed E-state index contributed by atoms with van der Waals surface area (Å²) in [5.41, 5.74) is 1.26. The minimum absolute atomic E-state index is 0.0513. The fourth-order valence-electron chi connectivity index (χ4n) is 2.29. The topological polar surface area (TPSA) is 70.6 Å². The lowest BCUT2D eigenvalue weighted by Gasteiger charge is -2.24. The number of hydrogen-bond donors (Lipinski definition) is 2. The molecule has 6 heteroatoms. The molecule has 2 N–H and O–H groups in total. The Kier molecular flexibility index (Phi) is 7.93. The quantitative estimate of drug-likeness (QED) is 0.574. The Morgan fingerprint density at radius 1 is 1.16 bits per heavy atom. The summed E-state index contributed by atoms with van der Waals surface area (Å²) < 4.78 is 23.6. The summed E-state index contributed by atoms with van der Waals surface area (Å²) in [4.78, 5) is 4.44. The van der Waals surface area contributed by atoms with Gasteiger partial charge in [-0.05, 0) is 40.2 Å². The SMILES string of the molecule is CCNC(=NCCS(=O)(=O)C(C)(C)C)NC(C)C(C)c1ccccc1. The highest BCUT2D eigenvalue weighted by Crippen LogP contribution is 2.18. The zero-order chi connectivity index (χ0) is 19.1. The van der Waals surface area contributed by atoms with Gasteiger partial charge in [-0.25, -0.2) is 8.42 Å². The molecule has 25 heavy (non-hydrogen) atoms. The Morgan fingerprint density at radius 2 is 1.76 bits per heavy atom. The molecule has 0 spiro atoms. The smallest absolute Gasteiger partial charge is 0.191 e. The third kappa shape index (κ3) is 6.69. The van der Waals surface area contributed by atoms with E-state index in [1.54, 1.807) is 20.8 Å². The summed E-state index contributed by atoms with van der Waals surface area (Å²) in [5, 5.41) is 6.57. The number of nitrogens with one attached hydrogen (secondary N) is 2. The summed E-state index contributed by atoms with van der Waals surface area (Å²) in [5.74, 6) is 1.01. The Bertz CT molecular complexity index is 649. The average molecular weight is 368 g/mol. The van der Waals surface area contributed by atoms with Crippen LogP contribution < -0.4 is 10.6 Å². The van der Waals surface area contributed by atoms with E-state index in [2.05, 4.69) is 41.6 Å². The van der Waals surface area contributed by atoms with Crippen molar-refractivity contribution in [1.29, 1.82) is 0 Å². The van der Waals surface area contributed by atoms with E-state index in [1.807, 2.05) is 25.1 Å². The summed E-state index contributed by atoms with van der Waals surface area (Å²) in [7, 11) is -3.16. The third-order valence-corrected chi connectivity index (χ3v) is 6.93. The molecule has 0 aromatic heterocycles. The van der Waals surface area contributed by atoms with Gasteiger partial charge < -0.3 is 10.6 Å². The summed E-state index contributed by atoms with van der Waals surface area (Å²) >= 11 is 0. The predicted molar refractivity (Wildman–Crippen MR) is 107 cm³/mol. The van der Waals surface area contributed by atoms with Crippen LogP contribution in [-0.2, 0) is 9.84 Å². The number of sulfone groups is 1. The Hall–Kier alpha value is -1.56. The van der Waals surface area contributed by atoms with E-state index < -0.39 is 14.6 Å². The fourth-order valence-corrected chi connectivity index (χ4v) is 3.23. The monoisotopic (exact) mass is 367 g/mol. The van der Waals surface area contributed by atoms with Crippen LogP contribution in [0.5, 0.6) is 0 Å². The van der Waals surface area contributed by atoms with Crippen LogP contribution in [0.4, 0.5) is 0 Å². The van der Waals surface area contributed by atoms with Gasteiger partial charge in [0.2, 0.25) is 0 Å². The molecule has 0 aliphatic heterocycles. The first-order chi connectivity index (χ1) is 11.6.